The SMILES string of the molecule is O=C(c1ccccc1-c1nc(-c2ccccc2)no1)N1CCN2C(=O)OC[C@@H]2C1. The molecule has 8 nitrogen and oxygen atoms in total. The Bertz CT molecular complexity index is 1070. The molecule has 2 aliphatic heterocycles. The van der Waals surface area contributed by atoms with Crippen LogP contribution in [0.5, 0.6) is 0 Å². The van der Waals surface area contributed by atoms with E-state index in [1.807, 2.05) is 42.5 Å². The molecular weight excluding hydrogens is 372 g/mol. The van der Waals surface area contributed by atoms with E-state index in [2.05, 4.69) is 10.1 Å². The van der Waals surface area contributed by atoms with Crippen LogP contribution >= 0.6 is 0 Å². The molecule has 2 aliphatic rings. The normalized spacial score (nSPS) is 18.5. The fraction of sp³-hybridized carbons (Fsp3) is 0.238. The van der Waals surface area contributed by atoms with Gasteiger partial charge in [0.05, 0.1) is 17.2 Å². The van der Waals surface area contributed by atoms with Crippen molar-refractivity contribution in [2.75, 3.05) is 26.2 Å². The van der Waals surface area contributed by atoms with Gasteiger partial charge in [-0.15, -0.1) is 0 Å². The minimum atomic E-state index is -0.304. The van der Waals surface area contributed by atoms with Crippen molar-refractivity contribution in [3.8, 4) is 22.8 Å². The van der Waals surface area contributed by atoms with Crippen LogP contribution in [0.2, 0.25) is 0 Å². The first-order chi connectivity index (χ1) is 14.2. The molecule has 0 bridgehead atoms. The summed E-state index contributed by atoms with van der Waals surface area (Å²) in [4.78, 5) is 32.8. The second-order valence-electron chi connectivity index (χ2n) is 7.01. The number of fused-ring (bicyclic) bond motifs is 1. The lowest BCUT2D eigenvalue weighted by atomic mass is 10.0. The number of cyclic esters (lactones) is 1. The molecule has 2 aromatic carbocycles. The van der Waals surface area contributed by atoms with Gasteiger partial charge in [-0.2, -0.15) is 4.98 Å². The molecule has 2 fully saturated rings. The molecule has 0 unspecified atom stereocenters. The Hall–Kier alpha value is -3.68. The van der Waals surface area contributed by atoms with Gasteiger partial charge in [-0.1, -0.05) is 47.6 Å². The topological polar surface area (TPSA) is 88.8 Å². The van der Waals surface area contributed by atoms with Crippen molar-refractivity contribution >= 4 is 12.0 Å². The Labute approximate surface area is 166 Å². The van der Waals surface area contributed by atoms with Crippen LogP contribution in [0.15, 0.2) is 59.1 Å². The number of rotatable bonds is 3. The minimum absolute atomic E-state index is 0.0968. The zero-order valence-electron chi connectivity index (χ0n) is 15.5. The predicted molar refractivity (Wildman–Crippen MR) is 103 cm³/mol. The molecule has 0 saturated carbocycles. The fourth-order valence-electron chi connectivity index (χ4n) is 3.74. The van der Waals surface area contributed by atoms with E-state index in [4.69, 9.17) is 9.26 Å². The highest BCUT2D eigenvalue weighted by Gasteiger charge is 2.39. The Kier molecular flexibility index (Phi) is 4.23. The van der Waals surface area contributed by atoms with Crippen molar-refractivity contribution in [3.63, 3.8) is 0 Å². The van der Waals surface area contributed by atoms with Crippen molar-refractivity contribution in [2.24, 2.45) is 0 Å². The van der Waals surface area contributed by atoms with Gasteiger partial charge in [0.2, 0.25) is 5.82 Å². The summed E-state index contributed by atoms with van der Waals surface area (Å²) in [5.41, 5.74) is 1.93. The van der Waals surface area contributed by atoms with Gasteiger partial charge in [-0.3, -0.25) is 9.69 Å². The maximum Gasteiger partial charge on any atom is 0.410 e. The third-order valence-electron chi connectivity index (χ3n) is 5.25. The third kappa shape index (κ3) is 3.12. The lowest BCUT2D eigenvalue weighted by Crippen LogP contribution is -2.53. The van der Waals surface area contributed by atoms with Crippen molar-refractivity contribution < 1.29 is 18.8 Å². The van der Waals surface area contributed by atoms with E-state index in [-0.39, 0.29) is 18.0 Å². The van der Waals surface area contributed by atoms with Crippen molar-refractivity contribution in [2.45, 2.75) is 6.04 Å². The predicted octanol–water partition coefficient (Wildman–Crippen LogP) is 2.68. The highest BCUT2D eigenvalue weighted by molar-refractivity contribution is 6.00. The molecule has 0 spiro atoms. The third-order valence-corrected chi connectivity index (χ3v) is 5.25. The first kappa shape index (κ1) is 17.4. The number of ether oxygens (including phenoxy) is 1. The van der Waals surface area contributed by atoms with Crippen LogP contribution in [0.3, 0.4) is 0 Å². The number of carbonyl (C=O) groups is 2. The van der Waals surface area contributed by atoms with Crippen LogP contribution in [0.4, 0.5) is 4.79 Å². The first-order valence-electron chi connectivity index (χ1n) is 9.42. The molecule has 29 heavy (non-hydrogen) atoms. The molecule has 8 heteroatoms. The maximum atomic E-state index is 13.2. The highest BCUT2D eigenvalue weighted by atomic mass is 16.6. The Morgan fingerprint density at radius 1 is 1.03 bits per heavy atom. The number of nitrogens with zero attached hydrogens (tertiary/aromatic N) is 4. The number of amides is 2. The van der Waals surface area contributed by atoms with Crippen molar-refractivity contribution in [1.29, 1.82) is 0 Å². The number of hydrogen-bond donors (Lipinski definition) is 0. The van der Waals surface area contributed by atoms with Gasteiger partial charge in [0.25, 0.3) is 11.8 Å². The molecule has 0 N–H and O–H groups in total. The van der Waals surface area contributed by atoms with Crippen LogP contribution in [-0.4, -0.2) is 64.2 Å². The number of carbonyl (C=O) groups excluding carboxylic acids is 2. The summed E-state index contributed by atoms with van der Waals surface area (Å²) in [6.45, 7) is 1.68. The van der Waals surface area contributed by atoms with E-state index in [1.165, 1.54) is 0 Å². The number of aromatic nitrogens is 2. The quantitative estimate of drug-likeness (QED) is 0.683. The monoisotopic (exact) mass is 390 g/mol. The maximum absolute atomic E-state index is 13.2. The lowest BCUT2D eigenvalue weighted by molar-refractivity contribution is 0.0617. The summed E-state index contributed by atoms with van der Waals surface area (Å²) in [5.74, 6) is 0.642. The summed E-state index contributed by atoms with van der Waals surface area (Å²) < 4.78 is 10.5. The van der Waals surface area contributed by atoms with E-state index < -0.39 is 0 Å². The average Bonchev–Trinajstić information content (AvgIpc) is 3.41. The smallest absolute Gasteiger partial charge is 0.410 e. The van der Waals surface area contributed by atoms with Crippen LogP contribution in [0.1, 0.15) is 10.4 Å². The Morgan fingerprint density at radius 2 is 1.83 bits per heavy atom. The van der Waals surface area contributed by atoms with Gasteiger partial charge in [0, 0.05) is 25.2 Å². The van der Waals surface area contributed by atoms with E-state index in [0.29, 0.717) is 49.1 Å². The molecule has 5 rings (SSSR count). The van der Waals surface area contributed by atoms with Crippen molar-refractivity contribution in [3.05, 3.63) is 60.2 Å². The van der Waals surface area contributed by atoms with Crippen LogP contribution < -0.4 is 0 Å². The van der Waals surface area contributed by atoms with Gasteiger partial charge in [-0.05, 0) is 12.1 Å². The summed E-state index contributed by atoms with van der Waals surface area (Å²) in [6, 6.07) is 16.6. The van der Waals surface area contributed by atoms with E-state index in [1.54, 1.807) is 21.9 Å². The molecule has 3 heterocycles. The second kappa shape index (κ2) is 7.05. The van der Waals surface area contributed by atoms with E-state index in [9.17, 15) is 9.59 Å². The molecule has 1 atom stereocenters. The van der Waals surface area contributed by atoms with Gasteiger partial charge in [-0.25, -0.2) is 4.79 Å². The summed E-state index contributed by atoms with van der Waals surface area (Å²) in [7, 11) is 0. The molecule has 2 saturated heterocycles. The number of hydrogen-bond acceptors (Lipinski definition) is 6. The van der Waals surface area contributed by atoms with E-state index >= 15 is 0 Å². The Morgan fingerprint density at radius 3 is 2.69 bits per heavy atom. The van der Waals surface area contributed by atoms with Gasteiger partial charge >= 0.3 is 6.09 Å². The molecule has 0 aliphatic carbocycles. The second-order valence-corrected chi connectivity index (χ2v) is 7.01. The summed E-state index contributed by atoms with van der Waals surface area (Å²) in [5, 5.41) is 4.06. The van der Waals surface area contributed by atoms with E-state index in [0.717, 1.165) is 5.56 Å². The molecule has 2 amide bonds. The highest BCUT2D eigenvalue weighted by Crippen LogP contribution is 2.27. The molecule has 1 aromatic heterocycles. The first-order valence-corrected chi connectivity index (χ1v) is 9.42. The van der Waals surface area contributed by atoms with Crippen LogP contribution in [0, 0.1) is 0 Å². The van der Waals surface area contributed by atoms with Gasteiger partial charge in [0.1, 0.15) is 6.61 Å². The minimum Gasteiger partial charge on any atom is -0.447 e. The zero-order valence-corrected chi connectivity index (χ0v) is 15.5. The van der Waals surface area contributed by atoms with Crippen LogP contribution in [-0.2, 0) is 4.74 Å². The van der Waals surface area contributed by atoms with Gasteiger partial charge in [0.15, 0.2) is 0 Å². The largest absolute Gasteiger partial charge is 0.447 e. The zero-order chi connectivity index (χ0) is 19.8. The average molecular weight is 390 g/mol. The number of piperazine rings is 1. The molecule has 0 radical (unpaired) electrons. The fourth-order valence-corrected chi connectivity index (χ4v) is 3.74. The van der Waals surface area contributed by atoms with Crippen molar-refractivity contribution in [1.82, 2.24) is 19.9 Å². The lowest BCUT2D eigenvalue weighted by Gasteiger charge is -2.35. The molecule has 3 aromatic rings. The molecular formula is C21H18N4O4. The summed E-state index contributed by atoms with van der Waals surface area (Å²) in [6.07, 6.45) is -0.304. The van der Waals surface area contributed by atoms with Crippen LogP contribution in [0.25, 0.3) is 22.8 Å². The van der Waals surface area contributed by atoms with Gasteiger partial charge < -0.3 is 14.2 Å². The molecule has 146 valence electrons. The standard InChI is InChI=1S/C21H18N4O4/c26-20(24-10-11-25-15(12-24)13-28-21(25)27)17-9-5-4-8-16(17)19-22-18(23-29-19)14-6-2-1-3-7-14/h1-9,15H,10-13H2/t15-/m0/s1. The number of benzene rings is 2. The summed E-state index contributed by atoms with van der Waals surface area (Å²) >= 11 is 0. The Balaban J connectivity index is 1.42.